The van der Waals surface area contributed by atoms with Crippen LogP contribution in [0.15, 0.2) is 0 Å². The molecule has 0 radical (unpaired) electrons. The van der Waals surface area contributed by atoms with Gasteiger partial charge in [-0.1, -0.05) is 19.8 Å². The fraction of sp³-hybridized carbons (Fsp3) is 1.00. The molecule has 2 heteroatoms. The van der Waals surface area contributed by atoms with E-state index in [0.717, 1.165) is 12.3 Å². The molecule has 0 aromatic rings. The van der Waals surface area contributed by atoms with E-state index in [0.29, 0.717) is 6.04 Å². The van der Waals surface area contributed by atoms with Crippen LogP contribution in [-0.2, 0) is 0 Å². The number of aliphatic hydroxyl groups is 1. The first kappa shape index (κ1) is 9.47. The number of hydrogen-bond acceptors (Lipinski definition) is 2. The van der Waals surface area contributed by atoms with Crippen molar-refractivity contribution in [2.45, 2.75) is 51.2 Å². The van der Waals surface area contributed by atoms with Gasteiger partial charge in [-0.3, -0.25) is 4.90 Å². The monoisotopic (exact) mass is 183 g/mol. The average molecular weight is 183 g/mol. The molecule has 0 aromatic heterocycles. The fourth-order valence-corrected chi connectivity index (χ4v) is 2.79. The molecule has 1 saturated heterocycles. The van der Waals surface area contributed by atoms with Crippen LogP contribution in [0.5, 0.6) is 0 Å². The van der Waals surface area contributed by atoms with E-state index in [-0.39, 0.29) is 6.10 Å². The summed E-state index contributed by atoms with van der Waals surface area (Å²) < 4.78 is 0. The summed E-state index contributed by atoms with van der Waals surface area (Å²) in [6.07, 6.45) is 6.05. The first-order valence-electron chi connectivity index (χ1n) is 5.69. The van der Waals surface area contributed by atoms with Gasteiger partial charge in [0.15, 0.2) is 0 Å². The summed E-state index contributed by atoms with van der Waals surface area (Å²) in [5.41, 5.74) is 0. The quantitative estimate of drug-likeness (QED) is 0.668. The predicted octanol–water partition coefficient (Wildman–Crippen LogP) is 1.63. The van der Waals surface area contributed by atoms with Crippen molar-refractivity contribution >= 4 is 0 Å². The molecular formula is C11H21NO. The third-order valence-corrected chi connectivity index (χ3v) is 3.62. The minimum atomic E-state index is -0.0425. The molecule has 1 unspecified atom stereocenters. The van der Waals surface area contributed by atoms with Crippen molar-refractivity contribution in [3.63, 3.8) is 0 Å². The highest BCUT2D eigenvalue weighted by atomic mass is 16.3. The molecule has 2 nitrogen and oxygen atoms in total. The number of nitrogens with zero attached hydrogens (tertiary/aromatic N) is 1. The maximum Gasteiger partial charge on any atom is 0.0695 e. The van der Waals surface area contributed by atoms with Gasteiger partial charge in [0.05, 0.1) is 6.10 Å². The van der Waals surface area contributed by atoms with Crippen LogP contribution in [0.2, 0.25) is 0 Å². The molecule has 1 saturated carbocycles. The number of rotatable bonds is 1. The minimum absolute atomic E-state index is 0.0425. The Kier molecular flexibility index (Phi) is 2.89. The van der Waals surface area contributed by atoms with E-state index in [1.165, 1.54) is 38.8 Å². The molecule has 0 aromatic carbocycles. The second-order valence-electron chi connectivity index (χ2n) is 4.81. The van der Waals surface area contributed by atoms with Gasteiger partial charge in [-0.15, -0.1) is 0 Å². The van der Waals surface area contributed by atoms with E-state index in [1.54, 1.807) is 0 Å². The fourth-order valence-electron chi connectivity index (χ4n) is 2.79. The van der Waals surface area contributed by atoms with E-state index in [1.807, 2.05) is 0 Å². The van der Waals surface area contributed by atoms with E-state index < -0.39 is 0 Å². The maximum absolute atomic E-state index is 9.87. The molecule has 3 atom stereocenters. The summed E-state index contributed by atoms with van der Waals surface area (Å²) in [7, 11) is 0. The van der Waals surface area contributed by atoms with Crippen molar-refractivity contribution in [2.24, 2.45) is 5.92 Å². The molecule has 0 amide bonds. The maximum atomic E-state index is 9.87. The molecule has 0 bridgehead atoms. The molecule has 1 aliphatic heterocycles. The normalized spacial score (nSPS) is 42.5. The van der Waals surface area contributed by atoms with Crippen LogP contribution in [0.25, 0.3) is 0 Å². The van der Waals surface area contributed by atoms with Gasteiger partial charge < -0.3 is 5.11 Å². The van der Waals surface area contributed by atoms with Gasteiger partial charge >= 0.3 is 0 Å². The highest BCUT2D eigenvalue weighted by Gasteiger charge is 2.32. The predicted molar refractivity (Wildman–Crippen MR) is 53.6 cm³/mol. The van der Waals surface area contributed by atoms with E-state index in [4.69, 9.17) is 0 Å². The van der Waals surface area contributed by atoms with Gasteiger partial charge in [0.1, 0.15) is 0 Å². The van der Waals surface area contributed by atoms with Crippen molar-refractivity contribution in [3.8, 4) is 0 Å². The lowest BCUT2D eigenvalue weighted by molar-refractivity contribution is 0.0297. The van der Waals surface area contributed by atoms with Crippen LogP contribution in [0.3, 0.4) is 0 Å². The van der Waals surface area contributed by atoms with Crippen LogP contribution in [-0.4, -0.2) is 35.2 Å². The van der Waals surface area contributed by atoms with Crippen LogP contribution in [0.1, 0.15) is 39.0 Å². The van der Waals surface area contributed by atoms with Crippen molar-refractivity contribution in [3.05, 3.63) is 0 Å². The zero-order valence-electron chi connectivity index (χ0n) is 8.58. The van der Waals surface area contributed by atoms with E-state index >= 15 is 0 Å². The highest BCUT2D eigenvalue weighted by Crippen LogP contribution is 2.27. The average Bonchev–Trinajstić information content (AvgIpc) is 2.53. The highest BCUT2D eigenvalue weighted by molar-refractivity contribution is 4.86. The van der Waals surface area contributed by atoms with Crippen molar-refractivity contribution in [1.82, 2.24) is 4.90 Å². The van der Waals surface area contributed by atoms with Gasteiger partial charge in [-0.05, 0) is 31.7 Å². The number of likely N-dealkylation sites (tertiary alicyclic amines) is 1. The van der Waals surface area contributed by atoms with Crippen molar-refractivity contribution in [1.29, 1.82) is 0 Å². The number of aliphatic hydroxyl groups excluding tert-OH is 1. The zero-order valence-corrected chi connectivity index (χ0v) is 8.58. The Balaban J connectivity index is 1.91. The summed E-state index contributed by atoms with van der Waals surface area (Å²) in [4.78, 5) is 2.51. The van der Waals surface area contributed by atoms with Crippen LogP contribution >= 0.6 is 0 Å². The molecule has 76 valence electrons. The van der Waals surface area contributed by atoms with Gasteiger partial charge in [0.25, 0.3) is 0 Å². The van der Waals surface area contributed by atoms with Crippen molar-refractivity contribution < 1.29 is 5.11 Å². The van der Waals surface area contributed by atoms with E-state index in [9.17, 15) is 5.11 Å². The Bertz CT molecular complexity index is 171. The molecule has 2 rings (SSSR count). The standard InChI is InChI=1S/C11H21NO/c1-9-6-7-12(8-9)10-4-2-3-5-11(10)13/h9-11,13H,2-8H2,1H3/t9?,10-,11-/m0/s1. The van der Waals surface area contributed by atoms with Gasteiger partial charge in [0, 0.05) is 12.6 Å². The second-order valence-corrected chi connectivity index (χ2v) is 4.81. The minimum Gasteiger partial charge on any atom is -0.391 e. The molecule has 0 spiro atoms. The Hall–Kier alpha value is -0.0800. The molecule has 2 fully saturated rings. The zero-order chi connectivity index (χ0) is 9.26. The Morgan fingerprint density at radius 1 is 1.15 bits per heavy atom. The van der Waals surface area contributed by atoms with Crippen LogP contribution in [0.4, 0.5) is 0 Å². The summed E-state index contributed by atoms with van der Waals surface area (Å²) in [6.45, 7) is 4.74. The largest absolute Gasteiger partial charge is 0.391 e. The Morgan fingerprint density at radius 2 is 1.92 bits per heavy atom. The molecular weight excluding hydrogens is 162 g/mol. The smallest absolute Gasteiger partial charge is 0.0695 e. The Morgan fingerprint density at radius 3 is 2.54 bits per heavy atom. The molecule has 13 heavy (non-hydrogen) atoms. The lowest BCUT2D eigenvalue weighted by Crippen LogP contribution is -2.44. The topological polar surface area (TPSA) is 23.5 Å². The lowest BCUT2D eigenvalue weighted by Gasteiger charge is -2.35. The van der Waals surface area contributed by atoms with Crippen LogP contribution < -0.4 is 0 Å². The summed E-state index contributed by atoms with van der Waals surface area (Å²) in [6, 6.07) is 0.485. The first-order valence-corrected chi connectivity index (χ1v) is 5.69. The second kappa shape index (κ2) is 3.97. The Labute approximate surface area is 80.9 Å². The summed E-state index contributed by atoms with van der Waals surface area (Å²) >= 11 is 0. The van der Waals surface area contributed by atoms with Gasteiger partial charge in [-0.25, -0.2) is 0 Å². The molecule has 2 aliphatic rings. The first-order chi connectivity index (χ1) is 6.27. The summed E-state index contributed by atoms with van der Waals surface area (Å²) in [5, 5.41) is 9.87. The molecule has 1 N–H and O–H groups in total. The number of hydrogen-bond donors (Lipinski definition) is 1. The third-order valence-electron chi connectivity index (χ3n) is 3.62. The van der Waals surface area contributed by atoms with E-state index in [2.05, 4.69) is 11.8 Å². The van der Waals surface area contributed by atoms with Gasteiger partial charge in [-0.2, -0.15) is 0 Å². The lowest BCUT2D eigenvalue weighted by atomic mass is 9.91. The van der Waals surface area contributed by atoms with Gasteiger partial charge in [0.2, 0.25) is 0 Å². The summed E-state index contributed by atoms with van der Waals surface area (Å²) in [5.74, 6) is 0.842. The molecule has 1 aliphatic carbocycles. The van der Waals surface area contributed by atoms with Crippen LogP contribution in [0, 0.1) is 5.92 Å². The molecule has 1 heterocycles. The third kappa shape index (κ3) is 2.05. The van der Waals surface area contributed by atoms with Crippen molar-refractivity contribution in [2.75, 3.05) is 13.1 Å². The SMILES string of the molecule is CC1CCN([C@H]2CCCC[C@@H]2O)C1.